The summed E-state index contributed by atoms with van der Waals surface area (Å²) in [5.74, 6) is -0.583. The predicted octanol–water partition coefficient (Wildman–Crippen LogP) is 15.8. The van der Waals surface area contributed by atoms with Crippen LogP contribution < -0.4 is 0 Å². The third-order valence-electron chi connectivity index (χ3n) is 11.0. The lowest BCUT2D eigenvalue weighted by Crippen LogP contribution is -2.28. The first-order valence-corrected chi connectivity index (χ1v) is 24.4. The zero-order valence-electron chi connectivity index (χ0n) is 37.0. The molecule has 0 aromatic heterocycles. The van der Waals surface area contributed by atoms with E-state index in [4.69, 9.17) is 9.47 Å². The van der Waals surface area contributed by atoms with Gasteiger partial charge < -0.3 is 14.6 Å². The fraction of sp³-hybridized carbons (Fsp3) is 0.880. The maximum atomic E-state index is 12.2. The van der Waals surface area contributed by atoms with Crippen LogP contribution in [-0.2, 0) is 19.1 Å². The lowest BCUT2D eigenvalue weighted by atomic mass is 10.0. The molecule has 0 aromatic rings. The van der Waals surface area contributed by atoms with Crippen LogP contribution in [0.5, 0.6) is 0 Å². The third-order valence-corrected chi connectivity index (χ3v) is 11.0. The highest BCUT2D eigenvalue weighted by molar-refractivity contribution is 5.70. The van der Waals surface area contributed by atoms with Gasteiger partial charge in [0.1, 0.15) is 6.61 Å². The number of esters is 2. The molecule has 0 aliphatic rings. The second-order valence-electron chi connectivity index (χ2n) is 16.5. The summed E-state index contributed by atoms with van der Waals surface area (Å²) in [7, 11) is 0. The highest BCUT2D eigenvalue weighted by atomic mass is 16.6. The molecular weight excluding hydrogens is 681 g/mol. The Kier molecular flexibility index (Phi) is 45.4. The molecule has 0 aliphatic heterocycles. The third kappa shape index (κ3) is 45.0. The molecule has 0 fully saturated rings. The molecule has 1 N–H and O–H groups in total. The summed E-state index contributed by atoms with van der Waals surface area (Å²) in [5, 5.41) is 9.55. The van der Waals surface area contributed by atoms with Crippen LogP contribution in [0.1, 0.15) is 264 Å². The second-order valence-corrected chi connectivity index (χ2v) is 16.5. The van der Waals surface area contributed by atoms with E-state index in [1.54, 1.807) is 0 Å². The van der Waals surface area contributed by atoms with Crippen molar-refractivity contribution in [1.29, 1.82) is 0 Å². The highest BCUT2D eigenvalue weighted by Crippen LogP contribution is 2.16. The molecule has 1 atom stereocenters. The molecule has 1 unspecified atom stereocenters. The maximum absolute atomic E-state index is 12.2. The lowest BCUT2D eigenvalue weighted by molar-refractivity contribution is -0.161. The monoisotopic (exact) mass is 775 g/mol. The summed E-state index contributed by atoms with van der Waals surface area (Å²) in [6, 6.07) is 0. The van der Waals surface area contributed by atoms with Gasteiger partial charge in [0, 0.05) is 12.8 Å². The fourth-order valence-electron chi connectivity index (χ4n) is 7.29. The normalized spacial score (nSPS) is 12.3. The number of ether oxygens (including phenoxy) is 2. The topological polar surface area (TPSA) is 72.8 Å². The van der Waals surface area contributed by atoms with Gasteiger partial charge in [0.05, 0.1) is 6.61 Å². The minimum Gasteiger partial charge on any atom is -0.462 e. The molecule has 0 saturated heterocycles. The van der Waals surface area contributed by atoms with Crippen molar-refractivity contribution < 1.29 is 24.2 Å². The minimum atomic E-state index is -0.763. The van der Waals surface area contributed by atoms with E-state index < -0.39 is 6.10 Å². The van der Waals surface area contributed by atoms with Crippen LogP contribution in [0.4, 0.5) is 0 Å². The van der Waals surface area contributed by atoms with Crippen molar-refractivity contribution in [3.63, 3.8) is 0 Å². The number of aliphatic hydroxyl groups excluding tert-OH is 1. The van der Waals surface area contributed by atoms with Crippen molar-refractivity contribution in [2.45, 2.75) is 270 Å². The van der Waals surface area contributed by atoms with E-state index in [1.807, 2.05) is 0 Å². The zero-order valence-corrected chi connectivity index (χ0v) is 37.0. The van der Waals surface area contributed by atoms with Crippen molar-refractivity contribution in [2.75, 3.05) is 13.2 Å². The Hall–Kier alpha value is -1.62. The van der Waals surface area contributed by atoms with Gasteiger partial charge in [0.15, 0.2) is 6.10 Å². The van der Waals surface area contributed by atoms with Gasteiger partial charge in [-0.05, 0) is 44.9 Å². The number of aliphatic hydroxyl groups is 1. The van der Waals surface area contributed by atoms with Crippen molar-refractivity contribution in [3.05, 3.63) is 24.3 Å². The van der Waals surface area contributed by atoms with E-state index in [1.165, 1.54) is 193 Å². The molecule has 0 aromatic carbocycles. The molecule has 0 aliphatic carbocycles. The van der Waals surface area contributed by atoms with E-state index in [9.17, 15) is 14.7 Å². The zero-order chi connectivity index (χ0) is 40.0. The van der Waals surface area contributed by atoms with Gasteiger partial charge in [-0.25, -0.2) is 0 Å². The van der Waals surface area contributed by atoms with Crippen LogP contribution in [0.2, 0.25) is 0 Å². The Bertz CT molecular complexity index is 836. The molecule has 0 heterocycles. The van der Waals surface area contributed by atoms with E-state index in [-0.39, 0.29) is 25.2 Å². The second kappa shape index (κ2) is 46.8. The molecule has 55 heavy (non-hydrogen) atoms. The minimum absolute atomic E-state index is 0.0600. The average Bonchev–Trinajstić information content (AvgIpc) is 3.19. The first-order valence-electron chi connectivity index (χ1n) is 24.4. The number of carbonyl (C=O) groups excluding carboxylic acids is 2. The Balaban J connectivity index is 3.36. The molecule has 0 rings (SSSR count). The van der Waals surface area contributed by atoms with Crippen LogP contribution in [0.15, 0.2) is 24.3 Å². The molecule has 324 valence electrons. The summed E-state index contributed by atoms with van der Waals surface area (Å²) in [4.78, 5) is 24.2. The average molecular weight is 775 g/mol. The number of allylic oxidation sites excluding steroid dienone is 4. The molecule has 5 heteroatoms. The van der Waals surface area contributed by atoms with E-state index in [2.05, 4.69) is 38.2 Å². The van der Waals surface area contributed by atoms with Crippen molar-refractivity contribution in [2.24, 2.45) is 0 Å². The SMILES string of the molecule is CCCCCCC/C=C\C/C=C\CCCCCCCCCCCCCCCCCCCCCCCC(=O)OC(CO)COC(=O)CCCCCCCCCC. The van der Waals surface area contributed by atoms with Gasteiger partial charge in [-0.2, -0.15) is 0 Å². The van der Waals surface area contributed by atoms with Crippen LogP contribution in [-0.4, -0.2) is 36.4 Å². The maximum Gasteiger partial charge on any atom is 0.306 e. The largest absolute Gasteiger partial charge is 0.462 e. The van der Waals surface area contributed by atoms with E-state index >= 15 is 0 Å². The van der Waals surface area contributed by atoms with Crippen molar-refractivity contribution >= 4 is 11.9 Å². The standard InChI is InChI=1S/C50H94O5/c1-3-5-7-9-11-13-14-15-16-17-18-19-20-21-22-23-24-25-26-27-28-29-30-31-32-33-34-35-36-37-39-41-43-45-50(53)55-48(46-51)47-54-49(52)44-42-40-38-12-10-8-6-4-2/h14-15,17-18,48,51H,3-13,16,19-47H2,1-2H3/b15-14-,18-17-. The van der Waals surface area contributed by atoms with Gasteiger partial charge >= 0.3 is 11.9 Å². The first kappa shape index (κ1) is 53.4. The fourth-order valence-corrected chi connectivity index (χ4v) is 7.29. The van der Waals surface area contributed by atoms with E-state index in [0.717, 1.165) is 44.9 Å². The summed E-state index contributed by atoms with van der Waals surface area (Å²) in [5.41, 5.74) is 0. The van der Waals surface area contributed by atoms with Crippen LogP contribution in [0.3, 0.4) is 0 Å². The number of unbranched alkanes of at least 4 members (excludes halogenated alkanes) is 33. The van der Waals surface area contributed by atoms with E-state index in [0.29, 0.717) is 12.8 Å². The van der Waals surface area contributed by atoms with Crippen LogP contribution in [0.25, 0.3) is 0 Å². The highest BCUT2D eigenvalue weighted by Gasteiger charge is 2.16. The van der Waals surface area contributed by atoms with Crippen LogP contribution in [0, 0.1) is 0 Å². The van der Waals surface area contributed by atoms with Crippen LogP contribution >= 0.6 is 0 Å². The Morgan fingerprint density at radius 3 is 1.07 bits per heavy atom. The smallest absolute Gasteiger partial charge is 0.306 e. The lowest BCUT2D eigenvalue weighted by Gasteiger charge is -2.15. The van der Waals surface area contributed by atoms with Gasteiger partial charge in [0.2, 0.25) is 0 Å². The molecule has 0 saturated carbocycles. The summed E-state index contributed by atoms with van der Waals surface area (Å²) in [6.45, 7) is 4.12. The molecule has 5 nitrogen and oxygen atoms in total. The number of carbonyl (C=O) groups is 2. The van der Waals surface area contributed by atoms with Gasteiger partial charge in [-0.3, -0.25) is 9.59 Å². The van der Waals surface area contributed by atoms with Gasteiger partial charge in [-0.15, -0.1) is 0 Å². The van der Waals surface area contributed by atoms with Gasteiger partial charge in [-0.1, -0.05) is 231 Å². The molecular formula is C50H94O5. The predicted molar refractivity (Wildman–Crippen MR) is 238 cm³/mol. The number of rotatable bonds is 45. The first-order chi connectivity index (χ1) is 27.1. The summed E-state index contributed by atoms with van der Waals surface area (Å²) in [6.07, 6.45) is 57.3. The Morgan fingerprint density at radius 1 is 0.418 bits per heavy atom. The molecule has 0 amide bonds. The quantitative estimate of drug-likeness (QED) is 0.0379. The number of hydrogen-bond donors (Lipinski definition) is 1. The molecule has 0 bridgehead atoms. The Labute approximate surface area is 343 Å². The Morgan fingerprint density at radius 2 is 0.727 bits per heavy atom. The van der Waals surface area contributed by atoms with Gasteiger partial charge in [0.25, 0.3) is 0 Å². The molecule has 0 radical (unpaired) electrons. The van der Waals surface area contributed by atoms with Crippen molar-refractivity contribution in [1.82, 2.24) is 0 Å². The summed E-state index contributed by atoms with van der Waals surface area (Å²) >= 11 is 0. The molecule has 0 spiro atoms. The number of hydrogen-bond acceptors (Lipinski definition) is 5. The van der Waals surface area contributed by atoms with Crippen molar-refractivity contribution in [3.8, 4) is 0 Å². The summed E-state index contributed by atoms with van der Waals surface area (Å²) < 4.78 is 10.6.